The molecular formula is C25H21F2N3O3. The molecule has 0 saturated carbocycles. The molecule has 0 aliphatic heterocycles. The molecule has 4 rings (SSSR count). The molecule has 0 spiro atoms. The van der Waals surface area contributed by atoms with E-state index in [0.29, 0.717) is 12.1 Å². The van der Waals surface area contributed by atoms with Gasteiger partial charge in [-0.2, -0.15) is 0 Å². The number of carboxylic acid groups (broad SMARTS) is 1. The summed E-state index contributed by atoms with van der Waals surface area (Å²) in [5, 5.41) is 9.26. The molecule has 0 unspecified atom stereocenters. The zero-order chi connectivity index (χ0) is 23.5. The van der Waals surface area contributed by atoms with Crippen LogP contribution in [0.5, 0.6) is 0 Å². The molecule has 0 saturated heterocycles. The zero-order valence-electron chi connectivity index (χ0n) is 17.8. The Morgan fingerprint density at radius 2 is 1.67 bits per heavy atom. The van der Waals surface area contributed by atoms with E-state index in [4.69, 9.17) is 0 Å². The van der Waals surface area contributed by atoms with E-state index in [0.717, 1.165) is 40.0 Å². The van der Waals surface area contributed by atoms with Crippen LogP contribution in [0.4, 0.5) is 8.78 Å². The number of rotatable bonds is 7. The first-order valence-corrected chi connectivity index (χ1v) is 10.3. The van der Waals surface area contributed by atoms with Gasteiger partial charge >= 0.3 is 5.97 Å². The van der Waals surface area contributed by atoms with Crippen molar-refractivity contribution in [2.45, 2.75) is 20.0 Å². The molecule has 4 aromatic rings. The number of amides is 1. The van der Waals surface area contributed by atoms with Crippen molar-refractivity contribution >= 4 is 22.9 Å². The number of nitrogens with zero attached hydrogens (tertiary/aromatic N) is 3. The highest BCUT2D eigenvalue weighted by molar-refractivity contribution is 5.98. The quantitative estimate of drug-likeness (QED) is 0.454. The molecule has 168 valence electrons. The number of imidazole rings is 1. The van der Waals surface area contributed by atoms with Gasteiger partial charge in [-0.3, -0.25) is 9.59 Å². The van der Waals surface area contributed by atoms with E-state index in [2.05, 4.69) is 4.98 Å². The number of benzene rings is 3. The standard InChI is InChI=1S/C25H21F2N3O3/c1-16-28-22-11-19(7-8-23(22)30(16)14-17-5-3-2-4-6-17)25(33)29(15-24(31)32)13-18-9-20(26)12-21(27)10-18/h2-12H,13-15H2,1H3,(H,31,32). The minimum absolute atomic E-state index is 0.158. The first-order valence-electron chi connectivity index (χ1n) is 10.3. The summed E-state index contributed by atoms with van der Waals surface area (Å²) in [5.74, 6) is -2.62. The lowest BCUT2D eigenvalue weighted by molar-refractivity contribution is -0.137. The maximum absolute atomic E-state index is 13.6. The van der Waals surface area contributed by atoms with Gasteiger partial charge in [-0.05, 0) is 48.4 Å². The Bertz CT molecular complexity index is 1320. The second-order valence-electron chi connectivity index (χ2n) is 7.77. The first kappa shape index (κ1) is 22.1. The molecule has 0 aliphatic carbocycles. The van der Waals surface area contributed by atoms with Crippen LogP contribution in [0.25, 0.3) is 11.0 Å². The number of hydrogen-bond donors (Lipinski definition) is 1. The number of carboxylic acids is 1. The molecule has 3 aromatic carbocycles. The molecular weight excluding hydrogens is 428 g/mol. The molecule has 0 bridgehead atoms. The fraction of sp³-hybridized carbons (Fsp3) is 0.160. The summed E-state index contributed by atoms with van der Waals surface area (Å²) in [7, 11) is 0. The van der Waals surface area contributed by atoms with E-state index >= 15 is 0 Å². The highest BCUT2D eigenvalue weighted by Crippen LogP contribution is 2.21. The summed E-state index contributed by atoms with van der Waals surface area (Å²) < 4.78 is 29.2. The monoisotopic (exact) mass is 449 g/mol. The van der Waals surface area contributed by atoms with Crippen LogP contribution in [0, 0.1) is 18.6 Å². The fourth-order valence-electron chi connectivity index (χ4n) is 3.82. The molecule has 1 aromatic heterocycles. The van der Waals surface area contributed by atoms with E-state index in [-0.39, 0.29) is 17.7 Å². The van der Waals surface area contributed by atoms with Crippen LogP contribution in [0.3, 0.4) is 0 Å². The van der Waals surface area contributed by atoms with Crippen LogP contribution < -0.4 is 0 Å². The van der Waals surface area contributed by atoms with Crippen LogP contribution in [0.15, 0.2) is 66.7 Å². The Morgan fingerprint density at radius 1 is 0.970 bits per heavy atom. The minimum atomic E-state index is -1.23. The third-order valence-corrected chi connectivity index (χ3v) is 5.28. The Labute approximate surface area is 188 Å². The summed E-state index contributed by atoms with van der Waals surface area (Å²) >= 11 is 0. The van der Waals surface area contributed by atoms with Crippen molar-refractivity contribution in [1.29, 1.82) is 0 Å². The Kier molecular flexibility index (Phi) is 6.17. The van der Waals surface area contributed by atoms with Gasteiger partial charge in [-0.1, -0.05) is 30.3 Å². The number of carbonyl (C=O) groups is 2. The molecule has 33 heavy (non-hydrogen) atoms. The molecule has 1 N–H and O–H groups in total. The minimum Gasteiger partial charge on any atom is -0.480 e. The second-order valence-corrected chi connectivity index (χ2v) is 7.77. The van der Waals surface area contributed by atoms with Crippen molar-refractivity contribution in [2.75, 3.05) is 6.54 Å². The number of halogens is 2. The number of aliphatic carboxylic acids is 1. The number of aromatic nitrogens is 2. The summed E-state index contributed by atoms with van der Waals surface area (Å²) in [6, 6.07) is 17.7. The SMILES string of the molecule is Cc1nc2cc(C(=O)N(CC(=O)O)Cc3cc(F)cc(F)c3)ccc2n1Cc1ccccc1. The highest BCUT2D eigenvalue weighted by atomic mass is 19.1. The maximum Gasteiger partial charge on any atom is 0.323 e. The number of fused-ring (bicyclic) bond motifs is 1. The van der Waals surface area contributed by atoms with Crippen molar-refractivity contribution in [3.05, 3.63) is 101 Å². The predicted octanol–water partition coefficient (Wildman–Crippen LogP) is 4.40. The van der Waals surface area contributed by atoms with E-state index in [9.17, 15) is 23.5 Å². The topological polar surface area (TPSA) is 75.4 Å². The van der Waals surface area contributed by atoms with Crippen LogP contribution in [0.2, 0.25) is 0 Å². The molecule has 0 radical (unpaired) electrons. The van der Waals surface area contributed by atoms with Crippen molar-refractivity contribution in [3.63, 3.8) is 0 Å². The van der Waals surface area contributed by atoms with Crippen LogP contribution in [-0.2, 0) is 17.9 Å². The van der Waals surface area contributed by atoms with Gasteiger partial charge in [0.25, 0.3) is 5.91 Å². The molecule has 0 atom stereocenters. The Balaban J connectivity index is 1.64. The zero-order valence-corrected chi connectivity index (χ0v) is 17.8. The van der Waals surface area contributed by atoms with Gasteiger partial charge in [0.1, 0.15) is 24.0 Å². The molecule has 1 amide bonds. The van der Waals surface area contributed by atoms with Gasteiger partial charge < -0.3 is 14.6 Å². The Morgan fingerprint density at radius 3 is 2.33 bits per heavy atom. The van der Waals surface area contributed by atoms with Crippen LogP contribution in [-0.4, -0.2) is 38.0 Å². The Hall–Kier alpha value is -4.07. The van der Waals surface area contributed by atoms with E-state index in [1.807, 2.05) is 41.8 Å². The summed E-state index contributed by atoms with van der Waals surface area (Å²) in [4.78, 5) is 30.1. The van der Waals surface area contributed by atoms with E-state index < -0.39 is 30.1 Å². The van der Waals surface area contributed by atoms with Crippen molar-refractivity contribution in [1.82, 2.24) is 14.5 Å². The molecule has 0 aliphatic rings. The first-order chi connectivity index (χ1) is 15.8. The summed E-state index contributed by atoms with van der Waals surface area (Å²) in [6.07, 6.45) is 0. The molecule has 6 nitrogen and oxygen atoms in total. The lowest BCUT2D eigenvalue weighted by Crippen LogP contribution is -2.35. The lowest BCUT2D eigenvalue weighted by atomic mass is 10.1. The molecule has 1 heterocycles. The van der Waals surface area contributed by atoms with Crippen molar-refractivity contribution < 1.29 is 23.5 Å². The second kappa shape index (κ2) is 9.20. The lowest BCUT2D eigenvalue weighted by Gasteiger charge is -2.21. The summed E-state index contributed by atoms with van der Waals surface area (Å²) in [5.41, 5.74) is 2.94. The average Bonchev–Trinajstić information content (AvgIpc) is 3.06. The van der Waals surface area contributed by atoms with Crippen LogP contribution >= 0.6 is 0 Å². The van der Waals surface area contributed by atoms with Gasteiger partial charge in [-0.25, -0.2) is 13.8 Å². The maximum atomic E-state index is 13.6. The van der Waals surface area contributed by atoms with Gasteiger partial charge in [0, 0.05) is 24.7 Å². The number of aryl methyl sites for hydroxylation is 1. The molecule has 8 heteroatoms. The number of carbonyl (C=O) groups excluding carboxylic acids is 1. The van der Waals surface area contributed by atoms with Crippen molar-refractivity contribution in [2.24, 2.45) is 0 Å². The van der Waals surface area contributed by atoms with Crippen LogP contribution in [0.1, 0.15) is 27.3 Å². The third-order valence-electron chi connectivity index (χ3n) is 5.28. The van der Waals surface area contributed by atoms with E-state index in [1.165, 1.54) is 0 Å². The number of hydrogen-bond acceptors (Lipinski definition) is 3. The van der Waals surface area contributed by atoms with Gasteiger partial charge in [-0.15, -0.1) is 0 Å². The third kappa shape index (κ3) is 5.06. The summed E-state index contributed by atoms with van der Waals surface area (Å²) in [6.45, 7) is 1.63. The smallest absolute Gasteiger partial charge is 0.323 e. The van der Waals surface area contributed by atoms with E-state index in [1.54, 1.807) is 18.2 Å². The van der Waals surface area contributed by atoms with Gasteiger partial charge in [0.15, 0.2) is 0 Å². The highest BCUT2D eigenvalue weighted by Gasteiger charge is 2.21. The van der Waals surface area contributed by atoms with Gasteiger partial charge in [0.05, 0.1) is 11.0 Å². The fourth-order valence-corrected chi connectivity index (χ4v) is 3.82. The predicted molar refractivity (Wildman–Crippen MR) is 119 cm³/mol. The molecule has 0 fully saturated rings. The van der Waals surface area contributed by atoms with Gasteiger partial charge in [0.2, 0.25) is 0 Å². The normalized spacial score (nSPS) is 11.0. The average molecular weight is 449 g/mol. The largest absolute Gasteiger partial charge is 0.480 e. The van der Waals surface area contributed by atoms with Crippen molar-refractivity contribution in [3.8, 4) is 0 Å².